The largest absolute Gasteiger partial charge is 0.207 e. The molecular formula is C10H12ClF. The third-order valence-corrected chi connectivity index (χ3v) is 2.29. The topological polar surface area (TPSA) is 0 Å². The van der Waals surface area contributed by atoms with Gasteiger partial charge in [-0.15, -0.1) is 11.6 Å². The summed E-state index contributed by atoms with van der Waals surface area (Å²) < 4.78 is 12.5. The van der Waals surface area contributed by atoms with E-state index in [-0.39, 0.29) is 5.82 Å². The van der Waals surface area contributed by atoms with Gasteiger partial charge < -0.3 is 0 Å². The van der Waals surface area contributed by atoms with E-state index in [0.29, 0.717) is 11.8 Å². The zero-order valence-corrected chi connectivity index (χ0v) is 7.81. The van der Waals surface area contributed by atoms with Crippen LogP contribution >= 0.6 is 11.6 Å². The molecule has 0 saturated carbocycles. The van der Waals surface area contributed by atoms with Crippen LogP contribution in [0.15, 0.2) is 24.3 Å². The molecule has 1 aromatic rings. The Balaban J connectivity index is 2.58. The van der Waals surface area contributed by atoms with Crippen molar-refractivity contribution >= 4 is 11.6 Å². The fourth-order valence-electron chi connectivity index (χ4n) is 1.08. The van der Waals surface area contributed by atoms with Crippen molar-refractivity contribution in [3.05, 3.63) is 35.6 Å². The van der Waals surface area contributed by atoms with Crippen LogP contribution in [0.1, 0.15) is 12.5 Å². The quantitative estimate of drug-likeness (QED) is 0.636. The van der Waals surface area contributed by atoms with E-state index in [1.807, 2.05) is 0 Å². The predicted molar refractivity (Wildman–Crippen MR) is 50.0 cm³/mol. The van der Waals surface area contributed by atoms with Gasteiger partial charge in [-0.25, -0.2) is 4.39 Å². The molecule has 1 unspecified atom stereocenters. The van der Waals surface area contributed by atoms with Crippen molar-refractivity contribution in [2.45, 2.75) is 13.3 Å². The van der Waals surface area contributed by atoms with E-state index in [1.54, 1.807) is 12.1 Å². The van der Waals surface area contributed by atoms with Crippen molar-refractivity contribution in [2.24, 2.45) is 5.92 Å². The molecule has 1 aromatic carbocycles. The highest BCUT2D eigenvalue weighted by Crippen LogP contribution is 2.10. The summed E-state index contributed by atoms with van der Waals surface area (Å²) in [6, 6.07) is 6.57. The molecule has 1 atom stereocenters. The molecule has 0 saturated heterocycles. The minimum absolute atomic E-state index is 0.183. The SMILES string of the molecule is CC(CCl)Cc1ccc(F)cc1. The van der Waals surface area contributed by atoms with Gasteiger partial charge in [0.25, 0.3) is 0 Å². The molecule has 0 spiro atoms. The summed E-state index contributed by atoms with van der Waals surface area (Å²) in [5, 5.41) is 0. The van der Waals surface area contributed by atoms with Crippen LogP contribution in [0, 0.1) is 11.7 Å². The van der Waals surface area contributed by atoms with Crippen LogP contribution in [0.5, 0.6) is 0 Å². The van der Waals surface area contributed by atoms with Crippen molar-refractivity contribution in [1.29, 1.82) is 0 Å². The average molecular weight is 187 g/mol. The first-order valence-electron chi connectivity index (χ1n) is 4.03. The normalized spacial score (nSPS) is 12.9. The molecule has 0 fully saturated rings. The van der Waals surface area contributed by atoms with E-state index in [9.17, 15) is 4.39 Å². The molecule has 0 N–H and O–H groups in total. The van der Waals surface area contributed by atoms with Crippen LogP contribution in [0.25, 0.3) is 0 Å². The van der Waals surface area contributed by atoms with Crippen LogP contribution < -0.4 is 0 Å². The summed E-state index contributed by atoms with van der Waals surface area (Å²) in [6.07, 6.45) is 0.920. The Labute approximate surface area is 77.4 Å². The van der Waals surface area contributed by atoms with Crippen LogP contribution in [0.4, 0.5) is 4.39 Å². The average Bonchev–Trinajstić information content (AvgIpc) is 2.09. The molecule has 0 aliphatic carbocycles. The maximum Gasteiger partial charge on any atom is 0.123 e. The van der Waals surface area contributed by atoms with Gasteiger partial charge in [0.05, 0.1) is 0 Å². The molecule has 0 bridgehead atoms. The van der Waals surface area contributed by atoms with Gasteiger partial charge in [0.1, 0.15) is 5.82 Å². The number of benzene rings is 1. The van der Waals surface area contributed by atoms with Gasteiger partial charge in [0, 0.05) is 5.88 Å². The number of hydrogen-bond acceptors (Lipinski definition) is 0. The molecule has 0 amide bonds. The third kappa shape index (κ3) is 2.82. The zero-order valence-electron chi connectivity index (χ0n) is 7.06. The summed E-state index contributed by atoms with van der Waals surface area (Å²) in [7, 11) is 0. The molecule has 0 aromatic heterocycles. The summed E-state index contributed by atoms with van der Waals surface area (Å²) in [4.78, 5) is 0. The Morgan fingerprint density at radius 3 is 2.42 bits per heavy atom. The van der Waals surface area contributed by atoms with Gasteiger partial charge in [0.2, 0.25) is 0 Å². The summed E-state index contributed by atoms with van der Waals surface area (Å²) in [5.74, 6) is 0.923. The number of rotatable bonds is 3. The second-order valence-electron chi connectivity index (χ2n) is 3.09. The fourth-order valence-corrected chi connectivity index (χ4v) is 1.19. The standard InChI is InChI=1S/C10H12ClF/c1-8(7-11)6-9-2-4-10(12)5-3-9/h2-5,8H,6-7H2,1H3. The Hall–Kier alpha value is -0.560. The van der Waals surface area contributed by atoms with E-state index in [1.165, 1.54) is 12.1 Å². The van der Waals surface area contributed by atoms with Crippen LogP contribution in [-0.2, 0) is 6.42 Å². The lowest BCUT2D eigenvalue weighted by Crippen LogP contribution is -2.00. The molecule has 1 rings (SSSR count). The fraction of sp³-hybridized carbons (Fsp3) is 0.400. The van der Waals surface area contributed by atoms with Gasteiger partial charge in [-0.1, -0.05) is 19.1 Å². The van der Waals surface area contributed by atoms with Crippen LogP contribution in [0.3, 0.4) is 0 Å². The molecule has 0 aliphatic heterocycles. The first-order valence-corrected chi connectivity index (χ1v) is 4.56. The third-order valence-electron chi connectivity index (χ3n) is 1.76. The molecule has 0 nitrogen and oxygen atoms in total. The number of hydrogen-bond donors (Lipinski definition) is 0. The number of alkyl halides is 1. The highest BCUT2D eigenvalue weighted by Gasteiger charge is 2.01. The Bertz CT molecular complexity index is 230. The second kappa shape index (κ2) is 4.46. The smallest absolute Gasteiger partial charge is 0.123 e. The summed E-state index contributed by atoms with van der Waals surface area (Å²) in [6.45, 7) is 2.08. The van der Waals surface area contributed by atoms with E-state index in [2.05, 4.69) is 6.92 Å². The first-order chi connectivity index (χ1) is 5.72. The van der Waals surface area contributed by atoms with Crippen LogP contribution in [0.2, 0.25) is 0 Å². The van der Waals surface area contributed by atoms with Crippen molar-refractivity contribution in [3.63, 3.8) is 0 Å². The molecule has 0 heterocycles. The summed E-state index contributed by atoms with van der Waals surface area (Å²) >= 11 is 5.66. The molecule has 2 heteroatoms. The van der Waals surface area contributed by atoms with E-state index in [4.69, 9.17) is 11.6 Å². The van der Waals surface area contributed by atoms with Gasteiger partial charge in [-0.2, -0.15) is 0 Å². The van der Waals surface area contributed by atoms with Crippen molar-refractivity contribution < 1.29 is 4.39 Å². The predicted octanol–water partition coefficient (Wildman–Crippen LogP) is 3.24. The first kappa shape index (κ1) is 9.53. The second-order valence-corrected chi connectivity index (χ2v) is 3.40. The molecule has 0 aliphatic rings. The van der Waals surface area contributed by atoms with E-state index < -0.39 is 0 Å². The minimum atomic E-state index is -0.183. The minimum Gasteiger partial charge on any atom is -0.207 e. The van der Waals surface area contributed by atoms with Gasteiger partial charge in [0.15, 0.2) is 0 Å². The van der Waals surface area contributed by atoms with Gasteiger partial charge in [-0.3, -0.25) is 0 Å². The molecule has 66 valence electrons. The Kier molecular flexibility index (Phi) is 3.54. The lowest BCUT2D eigenvalue weighted by Gasteiger charge is -2.06. The number of halogens is 2. The summed E-state index contributed by atoms with van der Waals surface area (Å²) in [5.41, 5.74) is 1.14. The van der Waals surface area contributed by atoms with Gasteiger partial charge >= 0.3 is 0 Å². The maximum atomic E-state index is 12.5. The van der Waals surface area contributed by atoms with Gasteiger partial charge in [-0.05, 0) is 30.0 Å². The van der Waals surface area contributed by atoms with Crippen molar-refractivity contribution in [1.82, 2.24) is 0 Å². The Morgan fingerprint density at radius 2 is 1.92 bits per heavy atom. The lowest BCUT2D eigenvalue weighted by atomic mass is 10.0. The Morgan fingerprint density at radius 1 is 1.33 bits per heavy atom. The molecular weight excluding hydrogens is 175 g/mol. The lowest BCUT2D eigenvalue weighted by molar-refractivity contribution is 0.622. The highest BCUT2D eigenvalue weighted by molar-refractivity contribution is 6.18. The zero-order chi connectivity index (χ0) is 8.97. The van der Waals surface area contributed by atoms with Crippen LogP contribution in [-0.4, -0.2) is 5.88 Å². The van der Waals surface area contributed by atoms with Crippen molar-refractivity contribution in [2.75, 3.05) is 5.88 Å². The van der Waals surface area contributed by atoms with E-state index in [0.717, 1.165) is 12.0 Å². The highest BCUT2D eigenvalue weighted by atomic mass is 35.5. The molecule has 12 heavy (non-hydrogen) atoms. The van der Waals surface area contributed by atoms with Crippen molar-refractivity contribution in [3.8, 4) is 0 Å². The van der Waals surface area contributed by atoms with E-state index >= 15 is 0 Å². The monoisotopic (exact) mass is 186 g/mol. The maximum absolute atomic E-state index is 12.5. The molecule has 0 radical (unpaired) electrons.